The molecule has 1 N–H and O–H groups in total. The minimum atomic E-state index is -0.458. The van der Waals surface area contributed by atoms with Gasteiger partial charge in [0.2, 0.25) is 5.91 Å². The number of hydrogen-bond acceptors (Lipinski definition) is 3. The molecule has 1 amide bonds. The average molecular weight is 277 g/mol. The Balaban J connectivity index is 2.23. The van der Waals surface area contributed by atoms with Crippen molar-refractivity contribution in [3.8, 4) is 11.5 Å². The van der Waals surface area contributed by atoms with Crippen LogP contribution in [0.5, 0.6) is 11.5 Å². The molecule has 110 valence electrons. The normalized spacial score (nSPS) is 14.8. The SMILES string of the molecule is CC(C)(C)C(=O)NC(C)(C)c1ccc2c(c1)OCCO2. The molecule has 0 saturated carbocycles. The molecule has 0 unspecified atom stereocenters. The number of ether oxygens (including phenoxy) is 2. The number of hydrogen-bond donors (Lipinski definition) is 1. The molecule has 1 aliphatic heterocycles. The maximum atomic E-state index is 12.2. The van der Waals surface area contributed by atoms with Gasteiger partial charge in [-0.05, 0) is 31.5 Å². The van der Waals surface area contributed by atoms with Gasteiger partial charge in [-0.2, -0.15) is 0 Å². The molecule has 1 aromatic carbocycles. The largest absolute Gasteiger partial charge is 0.486 e. The van der Waals surface area contributed by atoms with Crippen LogP contribution in [0.3, 0.4) is 0 Å². The highest BCUT2D eigenvalue weighted by molar-refractivity contribution is 5.82. The first-order chi connectivity index (χ1) is 9.20. The van der Waals surface area contributed by atoms with Gasteiger partial charge in [0.05, 0.1) is 5.54 Å². The fraction of sp³-hybridized carbons (Fsp3) is 0.562. The second-order valence-corrected chi connectivity index (χ2v) is 6.69. The summed E-state index contributed by atoms with van der Waals surface area (Å²) in [6.45, 7) is 10.8. The highest BCUT2D eigenvalue weighted by atomic mass is 16.6. The zero-order chi connectivity index (χ0) is 15.0. The van der Waals surface area contributed by atoms with E-state index in [1.165, 1.54) is 0 Å². The van der Waals surface area contributed by atoms with Gasteiger partial charge < -0.3 is 14.8 Å². The number of carbonyl (C=O) groups excluding carboxylic acids is 1. The van der Waals surface area contributed by atoms with Gasteiger partial charge in [-0.25, -0.2) is 0 Å². The number of rotatable bonds is 2. The molecule has 0 aromatic heterocycles. The third-order valence-electron chi connectivity index (χ3n) is 3.37. The van der Waals surface area contributed by atoms with Crippen LogP contribution < -0.4 is 14.8 Å². The molecule has 0 atom stereocenters. The first kappa shape index (κ1) is 14.7. The Bertz CT molecular complexity index is 515. The quantitative estimate of drug-likeness (QED) is 0.904. The molecular weight excluding hydrogens is 254 g/mol. The summed E-state index contributed by atoms with van der Waals surface area (Å²) in [4.78, 5) is 12.2. The number of nitrogens with one attached hydrogen (secondary N) is 1. The van der Waals surface area contributed by atoms with Crippen LogP contribution in [0, 0.1) is 5.41 Å². The average Bonchev–Trinajstić information content (AvgIpc) is 2.36. The summed E-state index contributed by atoms with van der Waals surface area (Å²) >= 11 is 0. The summed E-state index contributed by atoms with van der Waals surface area (Å²) in [7, 11) is 0. The van der Waals surface area contributed by atoms with Crippen molar-refractivity contribution in [2.24, 2.45) is 5.41 Å². The number of fused-ring (bicyclic) bond motifs is 1. The van der Waals surface area contributed by atoms with E-state index in [2.05, 4.69) is 5.32 Å². The maximum Gasteiger partial charge on any atom is 0.226 e. The minimum absolute atomic E-state index is 0.0254. The standard InChI is InChI=1S/C16H23NO3/c1-15(2,3)14(18)17-16(4,5)11-6-7-12-13(10-11)20-9-8-19-12/h6-7,10H,8-9H2,1-5H3,(H,17,18). The van der Waals surface area contributed by atoms with Crippen molar-refractivity contribution in [3.63, 3.8) is 0 Å². The molecule has 4 heteroatoms. The predicted molar refractivity (Wildman–Crippen MR) is 78.1 cm³/mol. The third-order valence-corrected chi connectivity index (χ3v) is 3.37. The van der Waals surface area contributed by atoms with Crippen LogP contribution in [0.25, 0.3) is 0 Å². The molecular formula is C16H23NO3. The minimum Gasteiger partial charge on any atom is -0.486 e. The highest BCUT2D eigenvalue weighted by Crippen LogP contribution is 2.34. The fourth-order valence-corrected chi connectivity index (χ4v) is 1.98. The summed E-state index contributed by atoms with van der Waals surface area (Å²) in [5.41, 5.74) is 0.130. The molecule has 0 bridgehead atoms. The Morgan fingerprint density at radius 1 is 1.05 bits per heavy atom. The molecule has 1 aliphatic rings. The van der Waals surface area contributed by atoms with Crippen molar-refractivity contribution in [3.05, 3.63) is 23.8 Å². The monoisotopic (exact) mass is 277 g/mol. The smallest absolute Gasteiger partial charge is 0.226 e. The van der Waals surface area contributed by atoms with Crippen LogP contribution in [0.15, 0.2) is 18.2 Å². The lowest BCUT2D eigenvalue weighted by Gasteiger charge is -2.31. The summed E-state index contributed by atoms with van der Waals surface area (Å²) in [5.74, 6) is 1.53. The lowest BCUT2D eigenvalue weighted by Crippen LogP contribution is -2.46. The zero-order valence-corrected chi connectivity index (χ0v) is 12.9. The summed E-state index contributed by atoms with van der Waals surface area (Å²) in [6.07, 6.45) is 0. The Labute approximate surface area is 120 Å². The molecule has 20 heavy (non-hydrogen) atoms. The van der Waals surface area contributed by atoms with Crippen molar-refractivity contribution in [2.45, 2.75) is 40.2 Å². The van der Waals surface area contributed by atoms with Crippen LogP contribution in [-0.4, -0.2) is 19.1 Å². The van der Waals surface area contributed by atoms with Crippen LogP contribution in [0.2, 0.25) is 0 Å². The Morgan fingerprint density at radius 3 is 2.25 bits per heavy atom. The van der Waals surface area contributed by atoms with Gasteiger partial charge in [0.15, 0.2) is 11.5 Å². The first-order valence-electron chi connectivity index (χ1n) is 6.93. The molecule has 2 rings (SSSR count). The molecule has 0 fully saturated rings. The van der Waals surface area contributed by atoms with Gasteiger partial charge in [-0.1, -0.05) is 26.8 Å². The predicted octanol–water partition coefficient (Wildman–Crippen LogP) is 2.86. The van der Waals surface area contributed by atoms with Crippen molar-refractivity contribution >= 4 is 5.91 Å². The van der Waals surface area contributed by atoms with E-state index in [0.717, 1.165) is 17.1 Å². The number of benzene rings is 1. The molecule has 1 heterocycles. The summed E-state index contributed by atoms with van der Waals surface area (Å²) < 4.78 is 11.1. The van der Waals surface area contributed by atoms with Crippen molar-refractivity contribution in [2.75, 3.05) is 13.2 Å². The van der Waals surface area contributed by atoms with Crippen LogP contribution in [0.1, 0.15) is 40.2 Å². The van der Waals surface area contributed by atoms with Crippen molar-refractivity contribution in [1.82, 2.24) is 5.32 Å². The van der Waals surface area contributed by atoms with Gasteiger partial charge in [0.1, 0.15) is 13.2 Å². The molecule has 0 spiro atoms. The van der Waals surface area contributed by atoms with Gasteiger partial charge in [0.25, 0.3) is 0 Å². The number of carbonyl (C=O) groups is 1. The molecule has 0 radical (unpaired) electrons. The lowest BCUT2D eigenvalue weighted by molar-refractivity contribution is -0.130. The van der Waals surface area contributed by atoms with E-state index in [0.29, 0.717) is 13.2 Å². The van der Waals surface area contributed by atoms with E-state index < -0.39 is 11.0 Å². The summed E-state index contributed by atoms with van der Waals surface area (Å²) in [6, 6.07) is 5.81. The van der Waals surface area contributed by atoms with E-state index >= 15 is 0 Å². The van der Waals surface area contributed by atoms with Crippen LogP contribution >= 0.6 is 0 Å². The summed E-state index contributed by atoms with van der Waals surface area (Å²) in [5, 5.41) is 3.08. The second-order valence-electron chi connectivity index (χ2n) is 6.69. The third kappa shape index (κ3) is 3.06. The van der Waals surface area contributed by atoms with E-state index in [-0.39, 0.29) is 5.91 Å². The van der Waals surface area contributed by atoms with Gasteiger partial charge >= 0.3 is 0 Å². The van der Waals surface area contributed by atoms with E-state index in [9.17, 15) is 4.79 Å². The van der Waals surface area contributed by atoms with Gasteiger partial charge in [0, 0.05) is 5.41 Å². The number of amides is 1. The lowest BCUT2D eigenvalue weighted by atomic mass is 9.89. The van der Waals surface area contributed by atoms with Crippen LogP contribution in [0.4, 0.5) is 0 Å². The van der Waals surface area contributed by atoms with Crippen molar-refractivity contribution in [1.29, 1.82) is 0 Å². The Hall–Kier alpha value is -1.71. The molecule has 0 saturated heterocycles. The molecule has 0 aliphatic carbocycles. The van der Waals surface area contributed by atoms with Gasteiger partial charge in [-0.15, -0.1) is 0 Å². The topological polar surface area (TPSA) is 47.6 Å². The van der Waals surface area contributed by atoms with Crippen molar-refractivity contribution < 1.29 is 14.3 Å². The maximum absolute atomic E-state index is 12.2. The molecule has 4 nitrogen and oxygen atoms in total. The van der Waals surface area contributed by atoms with E-state index in [4.69, 9.17) is 9.47 Å². The zero-order valence-electron chi connectivity index (χ0n) is 12.9. The first-order valence-corrected chi connectivity index (χ1v) is 6.93. The van der Waals surface area contributed by atoms with Gasteiger partial charge in [-0.3, -0.25) is 4.79 Å². The molecule has 1 aromatic rings. The fourth-order valence-electron chi connectivity index (χ4n) is 1.98. The Morgan fingerprint density at radius 2 is 1.65 bits per heavy atom. The van der Waals surface area contributed by atoms with Crippen LogP contribution in [-0.2, 0) is 10.3 Å². The van der Waals surface area contributed by atoms with E-state index in [1.54, 1.807) is 0 Å². The second kappa shape index (κ2) is 5.00. The van der Waals surface area contributed by atoms with E-state index in [1.807, 2.05) is 52.8 Å². The Kier molecular flexibility index (Phi) is 3.67. The highest BCUT2D eigenvalue weighted by Gasteiger charge is 2.30.